The normalized spacial score (nSPS) is 10.2. The van der Waals surface area contributed by atoms with Gasteiger partial charge in [0.15, 0.2) is 0 Å². The van der Waals surface area contributed by atoms with E-state index in [0.29, 0.717) is 11.5 Å². The van der Waals surface area contributed by atoms with Gasteiger partial charge in [-0.05, 0) is 18.2 Å². The lowest BCUT2D eigenvalue weighted by Gasteiger charge is -2.18. The third kappa shape index (κ3) is 2.06. The molecule has 96 valence electrons. The number of fused-ring (bicyclic) bond motifs is 1. The number of nitriles is 1. The van der Waals surface area contributed by atoms with Gasteiger partial charge in [0.1, 0.15) is 6.07 Å². The second-order valence-electron chi connectivity index (χ2n) is 4.42. The molecular formula is C16H12N4. The van der Waals surface area contributed by atoms with E-state index in [4.69, 9.17) is 5.26 Å². The Morgan fingerprint density at radius 2 is 1.80 bits per heavy atom. The quantitative estimate of drug-likeness (QED) is 0.709. The summed E-state index contributed by atoms with van der Waals surface area (Å²) in [5, 5.41) is 10.2. The van der Waals surface area contributed by atoms with Crippen molar-refractivity contribution >= 4 is 22.5 Å². The monoisotopic (exact) mass is 260 g/mol. The molecule has 0 fully saturated rings. The van der Waals surface area contributed by atoms with Crippen LogP contribution in [0.3, 0.4) is 0 Å². The number of hydrogen-bond donors (Lipinski definition) is 0. The van der Waals surface area contributed by atoms with E-state index in [2.05, 4.69) is 16.0 Å². The van der Waals surface area contributed by atoms with Gasteiger partial charge < -0.3 is 4.90 Å². The summed E-state index contributed by atoms with van der Waals surface area (Å²) >= 11 is 0. The van der Waals surface area contributed by atoms with Crippen molar-refractivity contribution < 1.29 is 0 Å². The molecule has 1 aromatic heterocycles. The highest BCUT2D eigenvalue weighted by atomic mass is 15.2. The van der Waals surface area contributed by atoms with Crippen molar-refractivity contribution in [1.29, 1.82) is 5.26 Å². The van der Waals surface area contributed by atoms with Gasteiger partial charge in [-0.15, -0.1) is 0 Å². The van der Waals surface area contributed by atoms with E-state index in [1.807, 2.05) is 54.4 Å². The zero-order chi connectivity index (χ0) is 13.9. The van der Waals surface area contributed by atoms with Crippen LogP contribution in [0.25, 0.3) is 10.9 Å². The van der Waals surface area contributed by atoms with Crippen LogP contribution in [0.4, 0.5) is 11.6 Å². The van der Waals surface area contributed by atoms with Crippen LogP contribution in [-0.2, 0) is 0 Å². The predicted octanol–water partition coefficient (Wildman–Crippen LogP) is 3.27. The number of nitrogens with zero attached hydrogens (tertiary/aromatic N) is 4. The largest absolute Gasteiger partial charge is 0.312 e. The lowest BCUT2D eigenvalue weighted by Crippen LogP contribution is -2.14. The summed E-state index contributed by atoms with van der Waals surface area (Å²) < 4.78 is 0. The molecule has 3 rings (SSSR count). The Balaban J connectivity index is 2.08. The predicted molar refractivity (Wildman–Crippen MR) is 78.8 cm³/mol. The number of rotatable bonds is 2. The van der Waals surface area contributed by atoms with Gasteiger partial charge in [-0.25, -0.2) is 9.97 Å². The molecular weight excluding hydrogens is 248 g/mol. The fourth-order valence-corrected chi connectivity index (χ4v) is 2.09. The summed E-state index contributed by atoms with van der Waals surface area (Å²) in [6.45, 7) is 0. The zero-order valence-corrected chi connectivity index (χ0v) is 11.0. The van der Waals surface area contributed by atoms with Crippen molar-refractivity contribution in [2.75, 3.05) is 11.9 Å². The minimum absolute atomic E-state index is 0.575. The first-order valence-corrected chi connectivity index (χ1v) is 6.24. The van der Waals surface area contributed by atoms with Crippen LogP contribution in [0.2, 0.25) is 0 Å². The summed E-state index contributed by atoms with van der Waals surface area (Å²) in [5.41, 5.74) is 2.29. The Labute approximate surface area is 116 Å². The Bertz CT molecular complexity index is 805. The Morgan fingerprint density at radius 1 is 1.05 bits per heavy atom. The van der Waals surface area contributed by atoms with Gasteiger partial charge >= 0.3 is 0 Å². The van der Waals surface area contributed by atoms with Gasteiger partial charge in [0.05, 0.1) is 16.8 Å². The fraction of sp³-hybridized carbons (Fsp3) is 0.0625. The molecule has 4 heteroatoms. The summed E-state index contributed by atoms with van der Waals surface area (Å²) in [4.78, 5) is 10.7. The number of hydrogen-bond acceptors (Lipinski definition) is 4. The second kappa shape index (κ2) is 4.98. The third-order valence-electron chi connectivity index (χ3n) is 3.16. The maximum absolute atomic E-state index is 9.17. The lowest BCUT2D eigenvalue weighted by molar-refractivity contribution is 1.06. The molecule has 0 N–H and O–H groups in total. The Kier molecular flexibility index (Phi) is 3.02. The highest BCUT2D eigenvalue weighted by Gasteiger charge is 2.11. The van der Waals surface area contributed by atoms with Gasteiger partial charge in [-0.1, -0.05) is 30.3 Å². The van der Waals surface area contributed by atoms with Crippen LogP contribution >= 0.6 is 0 Å². The topological polar surface area (TPSA) is 52.8 Å². The van der Waals surface area contributed by atoms with Crippen LogP contribution in [0, 0.1) is 11.3 Å². The van der Waals surface area contributed by atoms with E-state index in [0.717, 1.165) is 16.6 Å². The van der Waals surface area contributed by atoms with E-state index >= 15 is 0 Å². The molecule has 0 saturated heterocycles. The maximum Gasteiger partial charge on any atom is 0.230 e. The summed E-state index contributed by atoms with van der Waals surface area (Å²) in [6, 6.07) is 17.4. The second-order valence-corrected chi connectivity index (χ2v) is 4.42. The molecule has 0 aliphatic heterocycles. The first kappa shape index (κ1) is 12.1. The molecule has 0 spiro atoms. The first-order chi connectivity index (χ1) is 9.79. The van der Waals surface area contributed by atoms with Gasteiger partial charge in [0.2, 0.25) is 5.95 Å². The van der Waals surface area contributed by atoms with Crippen molar-refractivity contribution in [1.82, 2.24) is 9.97 Å². The smallest absolute Gasteiger partial charge is 0.230 e. The molecule has 4 nitrogen and oxygen atoms in total. The molecule has 1 heterocycles. The number of benzene rings is 2. The fourth-order valence-electron chi connectivity index (χ4n) is 2.09. The molecule has 0 amide bonds. The number of anilines is 2. The minimum Gasteiger partial charge on any atom is -0.312 e. The van der Waals surface area contributed by atoms with E-state index < -0.39 is 0 Å². The SMILES string of the molecule is CN(c1ncc2ccccc2n1)c1ccccc1C#N. The zero-order valence-electron chi connectivity index (χ0n) is 11.0. The average molecular weight is 260 g/mol. The van der Waals surface area contributed by atoms with Gasteiger partial charge in [-0.2, -0.15) is 5.26 Å². The maximum atomic E-state index is 9.17. The van der Waals surface area contributed by atoms with E-state index in [1.54, 1.807) is 12.3 Å². The summed E-state index contributed by atoms with van der Waals surface area (Å²) in [6.07, 6.45) is 1.79. The molecule has 20 heavy (non-hydrogen) atoms. The summed E-state index contributed by atoms with van der Waals surface area (Å²) in [7, 11) is 1.86. The highest BCUT2D eigenvalue weighted by molar-refractivity contribution is 5.79. The van der Waals surface area contributed by atoms with Crippen molar-refractivity contribution in [2.24, 2.45) is 0 Å². The van der Waals surface area contributed by atoms with Crippen molar-refractivity contribution in [3.8, 4) is 6.07 Å². The van der Waals surface area contributed by atoms with Crippen molar-refractivity contribution in [3.63, 3.8) is 0 Å². The number of aromatic nitrogens is 2. The van der Waals surface area contributed by atoms with Crippen LogP contribution in [0.1, 0.15) is 5.56 Å². The Hall–Kier alpha value is -2.93. The molecule has 0 unspecified atom stereocenters. The van der Waals surface area contributed by atoms with Crippen LogP contribution < -0.4 is 4.90 Å². The molecule has 0 aliphatic rings. The number of para-hydroxylation sites is 2. The lowest BCUT2D eigenvalue weighted by atomic mass is 10.2. The molecule has 0 saturated carbocycles. The molecule has 0 atom stereocenters. The van der Waals surface area contributed by atoms with Gasteiger partial charge in [-0.3, -0.25) is 0 Å². The van der Waals surface area contributed by atoms with Crippen molar-refractivity contribution in [2.45, 2.75) is 0 Å². The standard InChI is InChI=1S/C16H12N4/c1-20(15-9-5-3-6-12(15)10-17)16-18-11-13-7-2-4-8-14(13)19-16/h2-9,11H,1H3. The minimum atomic E-state index is 0.575. The first-order valence-electron chi connectivity index (χ1n) is 6.24. The highest BCUT2D eigenvalue weighted by Crippen LogP contribution is 2.24. The van der Waals surface area contributed by atoms with Crippen molar-refractivity contribution in [3.05, 3.63) is 60.3 Å². The molecule has 2 aromatic carbocycles. The van der Waals surface area contributed by atoms with Crippen LogP contribution in [-0.4, -0.2) is 17.0 Å². The van der Waals surface area contributed by atoms with Crippen LogP contribution in [0.5, 0.6) is 0 Å². The van der Waals surface area contributed by atoms with Crippen LogP contribution in [0.15, 0.2) is 54.7 Å². The molecule has 0 radical (unpaired) electrons. The van der Waals surface area contributed by atoms with E-state index in [9.17, 15) is 0 Å². The van der Waals surface area contributed by atoms with E-state index in [-0.39, 0.29) is 0 Å². The van der Waals surface area contributed by atoms with Gasteiger partial charge in [0, 0.05) is 18.6 Å². The average Bonchev–Trinajstić information content (AvgIpc) is 2.53. The molecule has 0 bridgehead atoms. The molecule has 3 aromatic rings. The third-order valence-corrected chi connectivity index (χ3v) is 3.16. The van der Waals surface area contributed by atoms with E-state index in [1.165, 1.54) is 0 Å². The summed E-state index contributed by atoms with van der Waals surface area (Å²) in [5.74, 6) is 0.575. The van der Waals surface area contributed by atoms with Gasteiger partial charge in [0.25, 0.3) is 0 Å². The Morgan fingerprint density at radius 3 is 2.65 bits per heavy atom. The molecule has 0 aliphatic carbocycles.